The molecule has 2 heterocycles. The number of carbonyl (C=O) groups excluding carboxylic acids is 1. The zero-order valence-corrected chi connectivity index (χ0v) is 10.2. The Kier molecular flexibility index (Phi) is 3.82. The molecule has 2 aliphatic rings. The number of rotatable bonds is 2. The normalized spacial score (nSPS) is 29.4. The fraction of sp³-hybridized carbons (Fsp3) is 0.917. The third-order valence-electron chi connectivity index (χ3n) is 3.83. The molecule has 0 spiro atoms. The SMILES string of the molecule is C[C@@H](C(=O)N1CCCCC1)N1CC[C@H](N)C1. The third kappa shape index (κ3) is 2.55. The molecule has 2 atom stereocenters. The molecule has 2 N–H and O–H groups in total. The Morgan fingerprint density at radius 1 is 1.25 bits per heavy atom. The van der Waals surface area contributed by atoms with E-state index >= 15 is 0 Å². The van der Waals surface area contributed by atoms with Gasteiger partial charge in [0.1, 0.15) is 0 Å². The summed E-state index contributed by atoms with van der Waals surface area (Å²) in [6.07, 6.45) is 4.63. The first kappa shape index (κ1) is 11.9. The summed E-state index contributed by atoms with van der Waals surface area (Å²) in [5, 5.41) is 0. The summed E-state index contributed by atoms with van der Waals surface area (Å²) in [5.41, 5.74) is 5.87. The van der Waals surface area contributed by atoms with Crippen molar-refractivity contribution < 1.29 is 4.79 Å². The van der Waals surface area contributed by atoms with E-state index in [9.17, 15) is 4.79 Å². The number of carbonyl (C=O) groups is 1. The van der Waals surface area contributed by atoms with E-state index in [1.54, 1.807) is 0 Å². The summed E-state index contributed by atoms with van der Waals surface area (Å²) in [4.78, 5) is 16.5. The van der Waals surface area contributed by atoms with Crippen molar-refractivity contribution in [3.63, 3.8) is 0 Å². The predicted molar refractivity (Wildman–Crippen MR) is 64.1 cm³/mol. The van der Waals surface area contributed by atoms with Crippen molar-refractivity contribution >= 4 is 5.91 Å². The minimum atomic E-state index is 0.0200. The zero-order chi connectivity index (χ0) is 11.5. The molecule has 2 rings (SSSR count). The van der Waals surface area contributed by atoms with E-state index < -0.39 is 0 Å². The van der Waals surface area contributed by atoms with Gasteiger partial charge in [-0.15, -0.1) is 0 Å². The van der Waals surface area contributed by atoms with Crippen molar-refractivity contribution in [3.05, 3.63) is 0 Å². The maximum Gasteiger partial charge on any atom is 0.239 e. The quantitative estimate of drug-likeness (QED) is 0.741. The molecule has 1 amide bonds. The van der Waals surface area contributed by atoms with E-state index in [0.717, 1.165) is 45.4 Å². The summed E-state index contributed by atoms with van der Waals surface area (Å²) in [6, 6.07) is 0.281. The third-order valence-corrected chi connectivity index (χ3v) is 3.83. The van der Waals surface area contributed by atoms with Crippen LogP contribution in [0, 0.1) is 0 Å². The molecule has 0 bridgehead atoms. The van der Waals surface area contributed by atoms with Gasteiger partial charge in [-0.05, 0) is 32.6 Å². The van der Waals surface area contributed by atoms with Gasteiger partial charge in [-0.1, -0.05) is 0 Å². The Labute approximate surface area is 97.8 Å². The minimum Gasteiger partial charge on any atom is -0.341 e. The molecule has 4 nitrogen and oxygen atoms in total. The van der Waals surface area contributed by atoms with Gasteiger partial charge < -0.3 is 10.6 Å². The Morgan fingerprint density at radius 3 is 2.50 bits per heavy atom. The molecule has 0 aliphatic carbocycles. The molecule has 0 saturated carbocycles. The number of hydrogen-bond acceptors (Lipinski definition) is 3. The van der Waals surface area contributed by atoms with Gasteiger partial charge >= 0.3 is 0 Å². The summed E-state index contributed by atoms with van der Waals surface area (Å²) in [5.74, 6) is 0.300. The molecule has 2 fully saturated rings. The van der Waals surface area contributed by atoms with Crippen molar-refractivity contribution in [1.82, 2.24) is 9.80 Å². The molecule has 92 valence electrons. The fourth-order valence-corrected chi connectivity index (χ4v) is 2.70. The van der Waals surface area contributed by atoms with Gasteiger partial charge in [-0.2, -0.15) is 0 Å². The fourth-order valence-electron chi connectivity index (χ4n) is 2.70. The number of piperidine rings is 1. The van der Waals surface area contributed by atoms with Crippen LogP contribution in [0.2, 0.25) is 0 Å². The Hall–Kier alpha value is -0.610. The Morgan fingerprint density at radius 2 is 1.94 bits per heavy atom. The van der Waals surface area contributed by atoms with Gasteiger partial charge in [0.15, 0.2) is 0 Å². The van der Waals surface area contributed by atoms with Crippen molar-refractivity contribution in [2.24, 2.45) is 5.73 Å². The van der Waals surface area contributed by atoms with Crippen LogP contribution in [0.3, 0.4) is 0 Å². The van der Waals surface area contributed by atoms with Gasteiger partial charge in [0, 0.05) is 32.2 Å². The van der Waals surface area contributed by atoms with Crippen molar-refractivity contribution in [2.75, 3.05) is 26.2 Å². The first-order valence-electron chi connectivity index (χ1n) is 6.47. The van der Waals surface area contributed by atoms with Gasteiger partial charge in [0.25, 0.3) is 0 Å². The highest BCUT2D eigenvalue weighted by Gasteiger charge is 2.30. The lowest BCUT2D eigenvalue weighted by atomic mass is 10.1. The van der Waals surface area contributed by atoms with E-state index in [4.69, 9.17) is 5.73 Å². The summed E-state index contributed by atoms with van der Waals surface area (Å²) >= 11 is 0. The van der Waals surface area contributed by atoms with Crippen LogP contribution in [0.15, 0.2) is 0 Å². The van der Waals surface area contributed by atoms with Crippen LogP contribution in [0.5, 0.6) is 0 Å². The van der Waals surface area contributed by atoms with E-state index in [-0.39, 0.29) is 12.1 Å². The average Bonchev–Trinajstić information content (AvgIpc) is 2.75. The van der Waals surface area contributed by atoms with Gasteiger partial charge in [-0.25, -0.2) is 0 Å². The number of likely N-dealkylation sites (tertiary alicyclic amines) is 2. The van der Waals surface area contributed by atoms with Crippen molar-refractivity contribution in [1.29, 1.82) is 0 Å². The number of nitrogens with two attached hydrogens (primary N) is 1. The lowest BCUT2D eigenvalue weighted by molar-refractivity contribution is -0.136. The summed E-state index contributed by atoms with van der Waals surface area (Å²) in [7, 11) is 0. The number of nitrogens with zero attached hydrogens (tertiary/aromatic N) is 2. The monoisotopic (exact) mass is 225 g/mol. The second-order valence-electron chi connectivity index (χ2n) is 5.11. The van der Waals surface area contributed by atoms with Crippen molar-refractivity contribution in [3.8, 4) is 0 Å². The van der Waals surface area contributed by atoms with Gasteiger partial charge in [0.2, 0.25) is 5.91 Å². The first-order valence-corrected chi connectivity index (χ1v) is 6.47. The van der Waals surface area contributed by atoms with Crippen LogP contribution < -0.4 is 5.73 Å². The van der Waals surface area contributed by atoms with Crippen molar-refractivity contribution in [2.45, 2.75) is 44.7 Å². The second kappa shape index (κ2) is 5.15. The number of amides is 1. The summed E-state index contributed by atoms with van der Waals surface area (Å²) < 4.78 is 0. The van der Waals surface area contributed by atoms with Crippen LogP contribution in [0.4, 0.5) is 0 Å². The first-order chi connectivity index (χ1) is 7.68. The zero-order valence-electron chi connectivity index (χ0n) is 10.2. The highest BCUT2D eigenvalue weighted by molar-refractivity contribution is 5.81. The molecule has 2 aliphatic heterocycles. The average molecular weight is 225 g/mol. The smallest absolute Gasteiger partial charge is 0.239 e. The maximum absolute atomic E-state index is 12.2. The van der Waals surface area contributed by atoms with Crippen LogP contribution >= 0.6 is 0 Å². The molecule has 16 heavy (non-hydrogen) atoms. The molecule has 0 aromatic heterocycles. The predicted octanol–water partition coefficient (Wildman–Crippen LogP) is 0.420. The van der Waals surface area contributed by atoms with E-state index in [2.05, 4.69) is 4.90 Å². The van der Waals surface area contributed by atoms with Crippen LogP contribution in [0.25, 0.3) is 0 Å². The minimum absolute atomic E-state index is 0.0200. The molecule has 0 radical (unpaired) electrons. The molecular formula is C12H23N3O. The maximum atomic E-state index is 12.2. The largest absolute Gasteiger partial charge is 0.341 e. The standard InChI is InChI=1S/C12H23N3O/c1-10(15-8-5-11(13)9-15)12(16)14-6-3-2-4-7-14/h10-11H,2-9,13H2,1H3/t10-,11-/m0/s1. The van der Waals surface area contributed by atoms with Gasteiger partial charge in [-0.3, -0.25) is 9.69 Å². The van der Waals surface area contributed by atoms with Crippen LogP contribution in [0.1, 0.15) is 32.6 Å². The van der Waals surface area contributed by atoms with E-state index in [1.165, 1.54) is 6.42 Å². The summed E-state index contributed by atoms with van der Waals surface area (Å²) in [6.45, 7) is 5.77. The number of hydrogen-bond donors (Lipinski definition) is 1. The molecular weight excluding hydrogens is 202 g/mol. The topological polar surface area (TPSA) is 49.6 Å². The molecule has 4 heteroatoms. The molecule has 0 unspecified atom stereocenters. The molecule has 0 aromatic rings. The Bertz CT molecular complexity index is 251. The lowest BCUT2D eigenvalue weighted by Crippen LogP contribution is -2.48. The Balaban J connectivity index is 1.88. The highest BCUT2D eigenvalue weighted by Crippen LogP contribution is 2.16. The molecule has 2 saturated heterocycles. The highest BCUT2D eigenvalue weighted by atomic mass is 16.2. The second-order valence-corrected chi connectivity index (χ2v) is 5.11. The van der Waals surface area contributed by atoms with E-state index in [0.29, 0.717) is 5.91 Å². The van der Waals surface area contributed by atoms with E-state index in [1.807, 2.05) is 11.8 Å². The lowest BCUT2D eigenvalue weighted by Gasteiger charge is -2.32. The van der Waals surface area contributed by atoms with Gasteiger partial charge in [0.05, 0.1) is 6.04 Å². The molecule has 0 aromatic carbocycles. The van der Waals surface area contributed by atoms with Crippen LogP contribution in [-0.2, 0) is 4.79 Å². The van der Waals surface area contributed by atoms with Crippen LogP contribution in [-0.4, -0.2) is 54.0 Å².